The van der Waals surface area contributed by atoms with Crippen LogP contribution in [0, 0.1) is 0 Å². The molecule has 4 heterocycles. The second-order valence-corrected chi connectivity index (χ2v) is 8.67. The molecule has 0 N–H and O–H groups in total. The molecular formula is C19H22N4OS2. The summed E-state index contributed by atoms with van der Waals surface area (Å²) in [5, 5.41) is 3.26. The number of aromatic nitrogens is 2. The molecule has 3 aromatic rings. The first-order valence-electron chi connectivity index (χ1n) is 8.82. The Hall–Kier alpha value is -1.83. The molecule has 1 saturated heterocycles. The van der Waals surface area contributed by atoms with Gasteiger partial charge in [0.25, 0.3) is 5.91 Å². The van der Waals surface area contributed by atoms with Crippen LogP contribution in [0.5, 0.6) is 0 Å². The molecule has 0 bridgehead atoms. The molecule has 7 heteroatoms. The van der Waals surface area contributed by atoms with E-state index in [0.717, 1.165) is 53.3 Å². The number of hydrogen-bond acceptors (Lipinski definition) is 6. The Balaban J connectivity index is 1.68. The van der Waals surface area contributed by atoms with Crippen molar-refractivity contribution in [1.29, 1.82) is 0 Å². The first-order chi connectivity index (χ1) is 12.6. The maximum atomic E-state index is 12.8. The zero-order valence-electron chi connectivity index (χ0n) is 15.0. The van der Waals surface area contributed by atoms with E-state index in [9.17, 15) is 4.79 Å². The van der Waals surface area contributed by atoms with E-state index in [-0.39, 0.29) is 5.91 Å². The molecule has 1 fully saturated rings. The number of amides is 1. The summed E-state index contributed by atoms with van der Waals surface area (Å²) in [5.41, 5.74) is 4.22. The molecule has 0 aromatic carbocycles. The molecule has 1 unspecified atom stereocenters. The van der Waals surface area contributed by atoms with Crippen molar-refractivity contribution >= 4 is 38.8 Å². The van der Waals surface area contributed by atoms with Crippen LogP contribution in [0.2, 0.25) is 0 Å². The molecule has 0 saturated carbocycles. The van der Waals surface area contributed by atoms with E-state index in [0.29, 0.717) is 5.92 Å². The van der Waals surface area contributed by atoms with Gasteiger partial charge in [0.1, 0.15) is 4.83 Å². The summed E-state index contributed by atoms with van der Waals surface area (Å²) < 4.78 is 0. The molecule has 3 aromatic heterocycles. The number of hydrogen-bond donors (Lipinski definition) is 0. The van der Waals surface area contributed by atoms with Crippen molar-refractivity contribution in [2.24, 2.45) is 0 Å². The van der Waals surface area contributed by atoms with Crippen LogP contribution in [0.4, 0.5) is 0 Å². The molecule has 0 aliphatic carbocycles. The quantitative estimate of drug-likeness (QED) is 0.684. The number of thiophene rings is 1. The fourth-order valence-corrected chi connectivity index (χ4v) is 5.50. The first kappa shape index (κ1) is 17.6. The second kappa shape index (κ2) is 7.42. The standard InChI is InChI=1S/C19H22N4OS2/c1-22(2)19(24)17-16(15-6-3-7-20-18(15)26-17)13-5-4-8-23(9-13)10-14-11-25-12-21-14/h3,6-7,11-13H,4-5,8-10H2,1-2H3. The van der Waals surface area contributed by atoms with E-state index >= 15 is 0 Å². The number of carbonyl (C=O) groups is 1. The highest BCUT2D eigenvalue weighted by Crippen LogP contribution is 2.39. The highest BCUT2D eigenvalue weighted by Gasteiger charge is 2.29. The van der Waals surface area contributed by atoms with Gasteiger partial charge in [-0.15, -0.1) is 22.7 Å². The number of pyridine rings is 1. The van der Waals surface area contributed by atoms with Crippen LogP contribution in [0.1, 0.15) is 39.7 Å². The van der Waals surface area contributed by atoms with Gasteiger partial charge in [0, 0.05) is 44.1 Å². The van der Waals surface area contributed by atoms with E-state index in [1.165, 1.54) is 16.9 Å². The van der Waals surface area contributed by atoms with Crippen LogP contribution < -0.4 is 0 Å². The molecule has 1 amide bonds. The van der Waals surface area contributed by atoms with Crippen LogP contribution in [-0.4, -0.2) is 52.9 Å². The lowest BCUT2D eigenvalue weighted by atomic mass is 9.88. The van der Waals surface area contributed by atoms with Crippen LogP contribution in [-0.2, 0) is 6.54 Å². The summed E-state index contributed by atoms with van der Waals surface area (Å²) in [7, 11) is 3.64. The van der Waals surface area contributed by atoms with E-state index < -0.39 is 0 Å². The molecule has 5 nitrogen and oxygen atoms in total. The summed E-state index contributed by atoms with van der Waals surface area (Å²) in [6.07, 6.45) is 4.06. The third kappa shape index (κ3) is 3.39. The summed E-state index contributed by atoms with van der Waals surface area (Å²) in [6, 6.07) is 4.08. The number of nitrogens with zero attached hydrogens (tertiary/aromatic N) is 4. The minimum absolute atomic E-state index is 0.0830. The minimum atomic E-state index is 0.0830. The summed E-state index contributed by atoms with van der Waals surface area (Å²) >= 11 is 3.17. The fourth-order valence-electron chi connectivity index (χ4n) is 3.70. The minimum Gasteiger partial charge on any atom is -0.344 e. The van der Waals surface area contributed by atoms with E-state index in [4.69, 9.17) is 0 Å². The Bertz CT molecular complexity index is 904. The van der Waals surface area contributed by atoms with Gasteiger partial charge in [-0.2, -0.15) is 0 Å². The normalized spacial score (nSPS) is 18.3. The van der Waals surface area contributed by atoms with Gasteiger partial charge < -0.3 is 4.90 Å². The van der Waals surface area contributed by atoms with Crippen molar-refractivity contribution in [3.8, 4) is 0 Å². The molecule has 26 heavy (non-hydrogen) atoms. The van der Waals surface area contributed by atoms with Gasteiger partial charge in [-0.05, 0) is 36.9 Å². The SMILES string of the molecule is CN(C)C(=O)c1sc2ncccc2c1C1CCCN(Cc2cscn2)C1. The number of rotatable bonds is 4. The third-order valence-electron chi connectivity index (χ3n) is 4.89. The Morgan fingerprint density at radius 3 is 3.04 bits per heavy atom. The number of carbonyl (C=O) groups excluding carboxylic acids is 1. The largest absolute Gasteiger partial charge is 0.344 e. The van der Waals surface area contributed by atoms with Crippen LogP contribution in [0.3, 0.4) is 0 Å². The zero-order chi connectivity index (χ0) is 18.1. The summed E-state index contributed by atoms with van der Waals surface area (Å²) in [5.74, 6) is 0.443. The number of piperidine rings is 1. The fraction of sp³-hybridized carbons (Fsp3) is 0.421. The number of likely N-dealkylation sites (tertiary alicyclic amines) is 1. The monoisotopic (exact) mass is 386 g/mol. The van der Waals surface area contributed by atoms with Gasteiger partial charge in [0.05, 0.1) is 16.1 Å². The Kier molecular flexibility index (Phi) is 5.02. The molecule has 0 radical (unpaired) electrons. The van der Waals surface area contributed by atoms with Gasteiger partial charge in [0.15, 0.2) is 0 Å². The average Bonchev–Trinajstić information content (AvgIpc) is 3.28. The van der Waals surface area contributed by atoms with Crippen molar-refractivity contribution in [3.05, 3.63) is 45.4 Å². The number of fused-ring (bicyclic) bond motifs is 1. The third-order valence-corrected chi connectivity index (χ3v) is 6.64. The molecule has 1 atom stereocenters. The van der Waals surface area contributed by atoms with Gasteiger partial charge in [-0.1, -0.05) is 6.07 Å². The van der Waals surface area contributed by atoms with Crippen LogP contribution >= 0.6 is 22.7 Å². The summed E-state index contributed by atoms with van der Waals surface area (Å²) in [6.45, 7) is 2.94. The Morgan fingerprint density at radius 2 is 2.27 bits per heavy atom. The van der Waals surface area contributed by atoms with Crippen LogP contribution in [0.15, 0.2) is 29.2 Å². The van der Waals surface area contributed by atoms with Gasteiger partial charge in [-0.25, -0.2) is 9.97 Å². The van der Waals surface area contributed by atoms with Crippen molar-refractivity contribution in [2.45, 2.75) is 25.3 Å². The first-order valence-corrected chi connectivity index (χ1v) is 10.6. The maximum Gasteiger partial charge on any atom is 0.263 e. The summed E-state index contributed by atoms with van der Waals surface area (Å²) in [4.78, 5) is 27.7. The van der Waals surface area contributed by atoms with Crippen molar-refractivity contribution in [3.63, 3.8) is 0 Å². The van der Waals surface area contributed by atoms with Gasteiger partial charge in [-0.3, -0.25) is 9.69 Å². The highest BCUT2D eigenvalue weighted by molar-refractivity contribution is 7.20. The van der Waals surface area contributed by atoms with Gasteiger partial charge >= 0.3 is 0 Å². The Morgan fingerprint density at radius 1 is 1.38 bits per heavy atom. The van der Waals surface area contributed by atoms with E-state index in [1.807, 2.05) is 31.9 Å². The lowest BCUT2D eigenvalue weighted by molar-refractivity contribution is 0.0830. The molecule has 1 aliphatic rings. The Labute approximate surface area is 161 Å². The van der Waals surface area contributed by atoms with Crippen molar-refractivity contribution in [1.82, 2.24) is 19.8 Å². The molecular weight excluding hydrogens is 364 g/mol. The van der Waals surface area contributed by atoms with Crippen molar-refractivity contribution < 1.29 is 4.79 Å². The van der Waals surface area contributed by atoms with E-state index in [1.54, 1.807) is 16.2 Å². The van der Waals surface area contributed by atoms with Gasteiger partial charge in [0.2, 0.25) is 0 Å². The molecule has 0 spiro atoms. The topological polar surface area (TPSA) is 49.3 Å². The predicted molar refractivity (Wildman–Crippen MR) is 107 cm³/mol. The number of thiazole rings is 1. The zero-order valence-corrected chi connectivity index (χ0v) is 16.6. The van der Waals surface area contributed by atoms with Crippen molar-refractivity contribution in [2.75, 3.05) is 27.2 Å². The lowest BCUT2D eigenvalue weighted by Crippen LogP contribution is -2.34. The highest BCUT2D eigenvalue weighted by atomic mass is 32.1. The molecule has 4 rings (SSSR count). The molecule has 1 aliphatic heterocycles. The van der Waals surface area contributed by atoms with Crippen LogP contribution in [0.25, 0.3) is 10.2 Å². The molecule has 136 valence electrons. The smallest absolute Gasteiger partial charge is 0.263 e. The second-order valence-electron chi connectivity index (χ2n) is 6.95. The maximum absolute atomic E-state index is 12.8. The van der Waals surface area contributed by atoms with E-state index in [2.05, 4.69) is 26.3 Å². The lowest BCUT2D eigenvalue weighted by Gasteiger charge is -2.33. The average molecular weight is 387 g/mol. The predicted octanol–water partition coefficient (Wildman–Crippen LogP) is 3.83.